The molecule has 1 aromatic heterocycles. The number of nitrogens with one attached hydrogen (secondary N) is 1. The first-order valence-electron chi connectivity index (χ1n) is 7.39. The van der Waals surface area contributed by atoms with Gasteiger partial charge in [-0.1, -0.05) is 0 Å². The molecule has 2 heterocycles. The molecule has 1 aliphatic carbocycles. The Balaban J connectivity index is 1.66. The van der Waals surface area contributed by atoms with Crippen LogP contribution in [0.15, 0.2) is 24.4 Å². The highest BCUT2D eigenvalue weighted by Crippen LogP contribution is 2.43. The van der Waals surface area contributed by atoms with Crippen LogP contribution in [0.4, 0.5) is 0 Å². The van der Waals surface area contributed by atoms with E-state index in [9.17, 15) is 0 Å². The van der Waals surface area contributed by atoms with E-state index in [-0.39, 0.29) is 5.54 Å². The molecule has 1 atom stereocenters. The van der Waals surface area contributed by atoms with Gasteiger partial charge in [-0.05, 0) is 43.9 Å². The Morgan fingerprint density at radius 3 is 2.76 bits per heavy atom. The van der Waals surface area contributed by atoms with E-state index in [1.165, 1.54) is 12.8 Å². The molecule has 5 heteroatoms. The Morgan fingerprint density at radius 2 is 2.00 bits per heavy atom. The zero-order valence-electron chi connectivity index (χ0n) is 12.1. The topological polar surface area (TPSA) is 73.2 Å². The lowest BCUT2D eigenvalue weighted by atomic mass is 9.97. The van der Waals surface area contributed by atoms with E-state index in [0.717, 1.165) is 28.6 Å². The summed E-state index contributed by atoms with van der Waals surface area (Å²) in [6.45, 7) is 3.25. The molecule has 2 aromatic rings. The van der Waals surface area contributed by atoms with E-state index < -0.39 is 0 Å². The van der Waals surface area contributed by atoms with Crippen LogP contribution in [0.1, 0.15) is 25.6 Å². The first-order valence-corrected chi connectivity index (χ1v) is 7.39. The van der Waals surface area contributed by atoms with Gasteiger partial charge in [-0.15, -0.1) is 0 Å². The van der Waals surface area contributed by atoms with Crippen LogP contribution in [0.25, 0.3) is 11.3 Å². The van der Waals surface area contributed by atoms with Crippen molar-refractivity contribution in [2.24, 2.45) is 11.7 Å². The van der Waals surface area contributed by atoms with Crippen LogP contribution < -0.4 is 15.2 Å². The standard InChI is InChI=1S/C16H19N3O2/c1-16(17,11-3-4-11)15-18-9-12(19-15)10-2-5-13-14(8-10)21-7-6-20-13/h2,5,8-9,11H,3-4,6-7,17H2,1H3,(H,18,19). The van der Waals surface area contributed by atoms with Crippen molar-refractivity contribution in [1.82, 2.24) is 9.97 Å². The summed E-state index contributed by atoms with van der Waals surface area (Å²) in [5.74, 6) is 2.98. The second-order valence-electron chi connectivity index (χ2n) is 6.06. The van der Waals surface area contributed by atoms with Crippen molar-refractivity contribution in [1.29, 1.82) is 0 Å². The summed E-state index contributed by atoms with van der Waals surface area (Å²) in [5, 5.41) is 0. The van der Waals surface area contributed by atoms with Gasteiger partial charge in [0.15, 0.2) is 11.5 Å². The van der Waals surface area contributed by atoms with Crippen molar-refractivity contribution >= 4 is 0 Å². The molecule has 1 unspecified atom stereocenters. The molecule has 0 bridgehead atoms. The molecule has 1 fully saturated rings. The molecule has 1 aliphatic heterocycles. The van der Waals surface area contributed by atoms with Gasteiger partial charge in [0.2, 0.25) is 0 Å². The molecule has 2 aliphatic rings. The second kappa shape index (κ2) is 4.49. The zero-order valence-corrected chi connectivity index (χ0v) is 12.1. The summed E-state index contributed by atoms with van der Waals surface area (Å²) in [4.78, 5) is 7.85. The van der Waals surface area contributed by atoms with Crippen LogP contribution in [0, 0.1) is 5.92 Å². The van der Waals surface area contributed by atoms with Gasteiger partial charge in [-0.2, -0.15) is 0 Å². The Labute approximate surface area is 123 Å². The van der Waals surface area contributed by atoms with Crippen molar-refractivity contribution in [2.45, 2.75) is 25.3 Å². The SMILES string of the molecule is CC(N)(c1ncc(-c2ccc3c(c2)OCCO3)[nH]1)C1CC1. The van der Waals surface area contributed by atoms with Crippen LogP contribution in [0.2, 0.25) is 0 Å². The number of H-pyrrole nitrogens is 1. The van der Waals surface area contributed by atoms with Crippen LogP contribution >= 0.6 is 0 Å². The first kappa shape index (κ1) is 12.7. The summed E-state index contributed by atoms with van der Waals surface area (Å²) in [7, 11) is 0. The number of aromatic amines is 1. The van der Waals surface area contributed by atoms with E-state index in [1.54, 1.807) is 0 Å². The summed E-state index contributed by atoms with van der Waals surface area (Å²) < 4.78 is 11.2. The van der Waals surface area contributed by atoms with Gasteiger partial charge in [0.05, 0.1) is 17.4 Å². The summed E-state index contributed by atoms with van der Waals surface area (Å²) in [6.07, 6.45) is 4.22. The van der Waals surface area contributed by atoms with E-state index in [4.69, 9.17) is 15.2 Å². The number of imidazole rings is 1. The fraction of sp³-hybridized carbons (Fsp3) is 0.438. The molecular formula is C16H19N3O2. The Kier molecular flexibility index (Phi) is 2.72. The molecule has 1 saturated carbocycles. The number of benzene rings is 1. The largest absolute Gasteiger partial charge is 0.486 e. The monoisotopic (exact) mass is 285 g/mol. The molecule has 1 aromatic carbocycles. The van der Waals surface area contributed by atoms with Gasteiger partial charge in [-0.3, -0.25) is 0 Å². The predicted octanol–water partition coefficient (Wildman–Crippen LogP) is 2.43. The normalized spacial score (nSPS) is 20.1. The maximum atomic E-state index is 6.41. The number of hydrogen-bond acceptors (Lipinski definition) is 4. The lowest BCUT2D eigenvalue weighted by molar-refractivity contribution is 0.171. The predicted molar refractivity (Wildman–Crippen MR) is 79.3 cm³/mol. The Bertz CT molecular complexity index is 674. The van der Waals surface area contributed by atoms with Crippen molar-refractivity contribution in [2.75, 3.05) is 13.2 Å². The molecule has 0 amide bonds. The molecule has 4 rings (SSSR count). The molecule has 0 spiro atoms. The third-order valence-corrected chi connectivity index (χ3v) is 4.36. The first-order chi connectivity index (χ1) is 10.1. The number of ether oxygens (including phenoxy) is 2. The maximum absolute atomic E-state index is 6.41. The van der Waals surface area contributed by atoms with Gasteiger partial charge >= 0.3 is 0 Å². The number of rotatable bonds is 3. The fourth-order valence-electron chi connectivity index (χ4n) is 2.83. The van der Waals surface area contributed by atoms with Crippen molar-refractivity contribution < 1.29 is 9.47 Å². The Morgan fingerprint density at radius 1 is 1.24 bits per heavy atom. The lowest BCUT2D eigenvalue weighted by Crippen LogP contribution is -2.36. The molecule has 3 N–H and O–H groups in total. The van der Waals surface area contributed by atoms with Crippen molar-refractivity contribution in [3.8, 4) is 22.8 Å². The van der Waals surface area contributed by atoms with E-state index in [0.29, 0.717) is 19.1 Å². The van der Waals surface area contributed by atoms with Crippen molar-refractivity contribution in [3.63, 3.8) is 0 Å². The van der Waals surface area contributed by atoms with Crippen molar-refractivity contribution in [3.05, 3.63) is 30.2 Å². The molecule has 0 radical (unpaired) electrons. The van der Waals surface area contributed by atoms with Crippen LogP contribution in [0.5, 0.6) is 11.5 Å². The summed E-state index contributed by atoms with van der Waals surface area (Å²) >= 11 is 0. The van der Waals surface area contributed by atoms with Gasteiger partial charge in [-0.25, -0.2) is 4.98 Å². The smallest absolute Gasteiger partial charge is 0.162 e. The minimum atomic E-state index is -0.369. The number of nitrogens with two attached hydrogens (primary N) is 1. The highest BCUT2D eigenvalue weighted by atomic mass is 16.6. The average molecular weight is 285 g/mol. The van der Waals surface area contributed by atoms with E-state index in [1.807, 2.05) is 24.4 Å². The number of fused-ring (bicyclic) bond motifs is 1. The number of aromatic nitrogens is 2. The fourth-order valence-corrected chi connectivity index (χ4v) is 2.83. The summed E-state index contributed by atoms with van der Waals surface area (Å²) in [5.41, 5.74) is 8.03. The molecule has 5 nitrogen and oxygen atoms in total. The van der Waals surface area contributed by atoms with E-state index in [2.05, 4.69) is 16.9 Å². The second-order valence-corrected chi connectivity index (χ2v) is 6.06. The molecular weight excluding hydrogens is 266 g/mol. The van der Waals surface area contributed by atoms with Crippen LogP contribution in [0.3, 0.4) is 0 Å². The Hall–Kier alpha value is -2.01. The average Bonchev–Trinajstić information content (AvgIpc) is 3.24. The molecule has 110 valence electrons. The quantitative estimate of drug-likeness (QED) is 0.908. The summed E-state index contributed by atoms with van der Waals surface area (Å²) in [6, 6.07) is 5.93. The van der Waals surface area contributed by atoms with Gasteiger partial charge in [0, 0.05) is 5.56 Å². The molecule has 21 heavy (non-hydrogen) atoms. The molecule has 0 saturated heterocycles. The third-order valence-electron chi connectivity index (χ3n) is 4.36. The van der Waals surface area contributed by atoms with Gasteiger partial charge in [0.25, 0.3) is 0 Å². The third kappa shape index (κ3) is 2.17. The van der Waals surface area contributed by atoms with E-state index >= 15 is 0 Å². The minimum absolute atomic E-state index is 0.369. The highest BCUT2D eigenvalue weighted by Gasteiger charge is 2.41. The van der Waals surface area contributed by atoms with Crippen LogP contribution in [-0.2, 0) is 5.54 Å². The highest BCUT2D eigenvalue weighted by molar-refractivity contribution is 5.64. The maximum Gasteiger partial charge on any atom is 0.162 e. The van der Waals surface area contributed by atoms with Gasteiger partial charge < -0.3 is 20.2 Å². The van der Waals surface area contributed by atoms with Crippen LogP contribution in [-0.4, -0.2) is 23.2 Å². The van der Waals surface area contributed by atoms with Gasteiger partial charge in [0.1, 0.15) is 19.0 Å². The minimum Gasteiger partial charge on any atom is -0.486 e. The lowest BCUT2D eigenvalue weighted by Gasteiger charge is -2.21. The zero-order chi connectivity index (χ0) is 14.4. The number of hydrogen-bond donors (Lipinski definition) is 2. The number of nitrogens with zero attached hydrogens (tertiary/aromatic N) is 1.